The van der Waals surface area contributed by atoms with Gasteiger partial charge in [0.1, 0.15) is 23.0 Å². The lowest BCUT2D eigenvalue weighted by molar-refractivity contribution is -0.0298. The number of thioether (sulfide) groups is 1. The van der Waals surface area contributed by atoms with E-state index in [2.05, 4.69) is 41.2 Å². The van der Waals surface area contributed by atoms with E-state index in [4.69, 9.17) is 24.4 Å². The highest BCUT2D eigenvalue weighted by atomic mass is 32.2. The molecule has 3 aromatic rings. The van der Waals surface area contributed by atoms with Crippen LogP contribution in [0.25, 0.3) is 22.4 Å². The summed E-state index contributed by atoms with van der Waals surface area (Å²) in [6, 6.07) is 7.95. The van der Waals surface area contributed by atoms with E-state index in [1.54, 1.807) is 11.8 Å². The van der Waals surface area contributed by atoms with Gasteiger partial charge in [-0.2, -0.15) is 0 Å². The summed E-state index contributed by atoms with van der Waals surface area (Å²) in [6.07, 6.45) is 8.20. The SMILES string of the molecule is CSc1ccc(-c2nc(C(NC(=O)OC(C)(C)C)C3CCNCC3)nc3c2ncn3C2CCCCO2)cc1. The second-order valence-corrected chi connectivity index (χ2v) is 11.9. The number of benzene rings is 1. The van der Waals surface area contributed by atoms with Crippen molar-refractivity contribution in [3.63, 3.8) is 0 Å². The standard InChI is InChI=1S/C28H38N6O3S/c1-28(2,3)37-27(35)32-23(19-12-14-29-15-13-19)25-31-22(18-8-10-20(38-4)11-9-18)24-26(33-25)34(17-30-24)21-7-5-6-16-36-21/h8-11,17,19,21,23,29H,5-7,12-16H2,1-4H3,(H,32,35). The molecule has 1 aromatic carbocycles. The molecule has 4 heterocycles. The van der Waals surface area contributed by atoms with E-state index in [1.165, 1.54) is 4.90 Å². The molecule has 2 N–H and O–H groups in total. The zero-order chi connectivity index (χ0) is 26.7. The van der Waals surface area contributed by atoms with Crippen molar-refractivity contribution < 1.29 is 14.3 Å². The minimum absolute atomic E-state index is 0.112. The molecule has 2 aliphatic rings. The molecular weight excluding hydrogens is 500 g/mol. The highest BCUT2D eigenvalue weighted by Crippen LogP contribution is 2.34. The molecule has 0 saturated carbocycles. The molecule has 2 aliphatic heterocycles. The number of nitrogens with one attached hydrogen (secondary N) is 2. The molecule has 1 amide bonds. The Labute approximate surface area is 228 Å². The van der Waals surface area contributed by atoms with Crippen LogP contribution >= 0.6 is 11.8 Å². The van der Waals surface area contributed by atoms with Crippen molar-refractivity contribution in [2.24, 2.45) is 5.92 Å². The molecule has 9 nitrogen and oxygen atoms in total. The van der Waals surface area contributed by atoms with E-state index in [0.29, 0.717) is 5.82 Å². The van der Waals surface area contributed by atoms with E-state index in [1.807, 2.05) is 31.7 Å². The summed E-state index contributed by atoms with van der Waals surface area (Å²) in [7, 11) is 0. The first-order valence-electron chi connectivity index (χ1n) is 13.5. The van der Waals surface area contributed by atoms with Crippen molar-refractivity contribution in [3.8, 4) is 11.3 Å². The third-order valence-corrected chi connectivity index (χ3v) is 7.82. The van der Waals surface area contributed by atoms with Crippen molar-refractivity contribution in [1.82, 2.24) is 30.2 Å². The molecule has 5 rings (SSSR count). The van der Waals surface area contributed by atoms with Gasteiger partial charge in [-0.1, -0.05) is 12.1 Å². The average molecular weight is 539 g/mol. The minimum atomic E-state index is -0.602. The van der Waals surface area contributed by atoms with Crippen LogP contribution in [0.5, 0.6) is 0 Å². The number of nitrogens with zero attached hydrogens (tertiary/aromatic N) is 4. The molecule has 10 heteroatoms. The van der Waals surface area contributed by atoms with Gasteiger partial charge in [0.25, 0.3) is 0 Å². The molecule has 0 spiro atoms. The largest absolute Gasteiger partial charge is 0.444 e. The third-order valence-electron chi connectivity index (χ3n) is 7.07. The Kier molecular flexibility index (Phi) is 8.20. The van der Waals surface area contributed by atoms with Crippen LogP contribution in [0, 0.1) is 5.92 Å². The number of aromatic nitrogens is 4. The molecule has 2 aromatic heterocycles. The molecular formula is C28H38N6O3S. The Balaban J connectivity index is 1.62. The Bertz CT molecular complexity index is 1240. The second-order valence-electron chi connectivity index (χ2n) is 11.0. The van der Waals surface area contributed by atoms with Gasteiger partial charge in [0.05, 0.1) is 12.4 Å². The summed E-state index contributed by atoms with van der Waals surface area (Å²) in [6.45, 7) is 8.10. The number of hydrogen-bond donors (Lipinski definition) is 2. The van der Waals surface area contributed by atoms with Crippen LogP contribution in [0.3, 0.4) is 0 Å². The number of fused-ring (bicyclic) bond motifs is 1. The van der Waals surface area contributed by atoms with Crippen molar-refractivity contribution in [3.05, 3.63) is 36.4 Å². The minimum Gasteiger partial charge on any atom is -0.444 e. The van der Waals surface area contributed by atoms with Crippen molar-refractivity contribution >= 4 is 29.0 Å². The zero-order valence-corrected chi connectivity index (χ0v) is 23.5. The highest BCUT2D eigenvalue weighted by molar-refractivity contribution is 7.98. The van der Waals surface area contributed by atoms with Crippen LogP contribution in [-0.2, 0) is 9.47 Å². The van der Waals surface area contributed by atoms with Gasteiger partial charge in [0.15, 0.2) is 11.5 Å². The summed E-state index contributed by atoms with van der Waals surface area (Å²) < 4.78 is 13.8. The first kappa shape index (κ1) is 26.9. The van der Waals surface area contributed by atoms with Crippen molar-refractivity contribution in [2.75, 3.05) is 26.0 Å². The maximum Gasteiger partial charge on any atom is 0.408 e. The van der Waals surface area contributed by atoms with Gasteiger partial charge in [-0.25, -0.2) is 19.7 Å². The molecule has 2 saturated heterocycles. The molecule has 2 fully saturated rings. The summed E-state index contributed by atoms with van der Waals surface area (Å²) in [5.74, 6) is 0.756. The van der Waals surface area contributed by atoms with Gasteiger partial charge in [-0.15, -0.1) is 11.8 Å². The van der Waals surface area contributed by atoms with E-state index in [-0.39, 0.29) is 12.1 Å². The van der Waals surface area contributed by atoms with Crippen LogP contribution in [0.2, 0.25) is 0 Å². The lowest BCUT2D eigenvalue weighted by Gasteiger charge is -2.31. The molecule has 0 aliphatic carbocycles. The molecule has 204 valence electrons. The topological polar surface area (TPSA) is 103 Å². The fourth-order valence-electron chi connectivity index (χ4n) is 5.18. The van der Waals surface area contributed by atoms with E-state index in [0.717, 1.165) is 74.2 Å². The lowest BCUT2D eigenvalue weighted by atomic mass is 9.89. The summed E-state index contributed by atoms with van der Waals surface area (Å²) in [5.41, 5.74) is 2.59. The van der Waals surface area contributed by atoms with Gasteiger partial charge in [-0.3, -0.25) is 4.57 Å². The number of rotatable bonds is 6. The Morgan fingerprint density at radius 1 is 1.16 bits per heavy atom. The van der Waals surface area contributed by atoms with E-state index >= 15 is 0 Å². The summed E-state index contributed by atoms with van der Waals surface area (Å²) in [4.78, 5) is 29.1. The van der Waals surface area contributed by atoms with Gasteiger partial charge in [0.2, 0.25) is 0 Å². The fourth-order valence-corrected chi connectivity index (χ4v) is 5.59. The van der Waals surface area contributed by atoms with Crippen LogP contribution in [0.15, 0.2) is 35.5 Å². The highest BCUT2D eigenvalue weighted by Gasteiger charge is 2.32. The average Bonchev–Trinajstić information content (AvgIpc) is 3.35. The molecule has 38 heavy (non-hydrogen) atoms. The fraction of sp³-hybridized carbons (Fsp3) is 0.571. The predicted octanol–water partition coefficient (Wildman–Crippen LogP) is 5.48. The number of alkyl carbamates (subject to hydrolysis) is 1. The van der Waals surface area contributed by atoms with Crippen LogP contribution in [0.1, 0.15) is 71.0 Å². The first-order chi connectivity index (χ1) is 18.3. The predicted molar refractivity (Wildman–Crippen MR) is 149 cm³/mol. The molecule has 0 radical (unpaired) electrons. The Morgan fingerprint density at radius 3 is 2.58 bits per heavy atom. The third kappa shape index (κ3) is 6.13. The van der Waals surface area contributed by atoms with E-state index < -0.39 is 17.7 Å². The lowest BCUT2D eigenvalue weighted by Crippen LogP contribution is -2.41. The van der Waals surface area contributed by atoms with Gasteiger partial charge in [-0.05, 0) is 90.3 Å². The summed E-state index contributed by atoms with van der Waals surface area (Å²) >= 11 is 1.70. The molecule has 2 atom stereocenters. The number of carbonyl (C=O) groups excluding carboxylic acids is 1. The normalized spacial score (nSPS) is 19.8. The Hall–Kier alpha value is -2.69. The molecule has 2 unspecified atom stereocenters. The number of ether oxygens (including phenoxy) is 2. The van der Waals surface area contributed by atoms with Gasteiger partial charge < -0.3 is 20.1 Å². The molecule has 0 bridgehead atoms. The monoisotopic (exact) mass is 538 g/mol. The van der Waals surface area contributed by atoms with Crippen LogP contribution in [-0.4, -0.2) is 57.2 Å². The smallest absolute Gasteiger partial charge is 0.408 e. The van der Waals surface area contributed by atoms with Crippen LogP contribution < -0.4 is 10.6 Å². The van der Waals surface area contributed by atoms with Gasteiger partial charge >= 0.3 is 6.09 Å². The number of piperidine rings is 1. The number of imidazole rings is 1. The summed E-state index contributed by atoms with van der Waals surface area (Å²) in [5, 5.41) is 6.56. The Morgan fingerprint density at radius 2 is 1.92 bits per heavy atom. The van der Waals surface area contributed by atoms with Crippen molar-refractivity contribution in [1.29, 1.82) is 0 Å². The maximum absolute atomic E-state index is 13.0. The number of carbonyl (C=O) groups is 1. The number of hydrogen-bond acceptors (Lipinski definition) is 8. The maximum atomic E-state index is 13.0. The zero-order valence-electron chi connectivity index (χ0n) is 22.7. The first-order valence-corrected chi connectivity index (χ1v) is 14.8. The second kappa shape index (κ2) is 11.6. The van der Waals surface area contributed by atoms with Gasteiger partial charge in [0, 0.05) is 17.1 Å². The quantitative estimate of drug-likeness (QED) is 0.398. The van der Waals surface area contributed by atoms with Crippen molar-refractivity contribution in [2.45, 2.75) is 75.6 Å². The van der Waals surface area contributed by atoms with Crippen LogP contribution in [0.4, 0.5) is 4.79 Å². The van der Waals surface area contributed by atoms with E-state index in [9.17, 15) is 4.79 Å². The number of amides is 1.